The van der Waals surface area contributed by atoms with Crippen LogP contribution in [0.15, 0.2) is 11.4 Å². The maximum absolute atomic E-state index is 6.04. The summed E-state index contributed by atoms with van der Waals surface area (Å²) < 4.78 is 0.896. The van der Waals surface area contributed by atoms with Crippen LogP contribution >= 0.6 is 22.9 Å². The van der Waals surface area contributed by atoms with Crippen molar-refractivity contribution in [1.29, 1.82) is 0 Å². The van der Waals surface area contributed by atoms with Crippen LogP contribution in [0.1, 0.15) is 44.7 Å². The number of halogens is 1. The molecule has 0 aliphatic carbocycles. The molecule has 0 bridgehead atoms. The van der Waals surface area contributed by atoms with Gasteiger partial charge in [-0.1, -0.05) is 18.5 Å². The predicted molar refractivity (Wildman–Crippen MR) is 80.6 cm³/mol. The van der Waals surface area contributed by atoms with E-state index in [-0.39, 0.29) is 0 Å². The van der Waals surface area contributed by atoms with Gasteiger partial charge in [-0.15, -0.1) is 11.3 Å². The standard InChI is InChI=1S/C14H23ClN2S/c1-3-7-17(9-13-5-4-6-16-13)11(2)12-8-14(15)18-10-12/h8,10-11,13,16H,3-7,9H2,1-2H3. The van der Waals surface area contributed by atoms with Gasteiger partial charge in [0.05, 0.1) is 4.34 Å². The molecule has 2 nitrogen and oxygen atoms in total. The van der Waals surface area contributed by atoms with E-state index < -0.39 is 0 Å². The first-order valence-electron chi connectivity index (χ1n) is 6.92. The second-order valence-electron chi connectivity index (χ2n) is 5.15. The minimum Gasteiger partial charge on any atom is -0.313 e. The van der Waals surface area contributed by atoms with Gasteiger partial charge in [0.1, 0.15) is 0 Å². The third-order valence-electron chi connectivity index (χ3n) is 3.75. The largest absolute Gasteiger partial charge is 0.313 e. The fourth-order valence-corrected chi connectivity index (χ4v) is 3.66. The van der Waals surface area contributed by atoms with Crippen LogP contribution < -0.4 is 5.32 Å². The zero-order chi connectivity index (χ0) is 13.0. The van der Waals surface area contributed by atoms with Crippen LogP contribution in [-0.4, -0.2) is 30.6 Å². The first kappa shape index (κ1) is 14.3. The second kappa shape index (κ2) is 6.90. The molecule has 2 heterocycles. The van der Waals surface area contributed by atoms with Crippen LogP contribution in [0, 0.1) is 0 Å². The lowest BCUT2D eigenvalue weighted by Crippen LogP contribution is -2.39. The van der Waals surface area contributed by atoms with Gasteiger partial charge in [-0.25, -0.2) is 0 Å². The summed E-state index contributed by atoms with van der Waals surface area (Å²) in [5.41, 5.74) is 1.36. The summed E-state index contributed by atoms with van der Waals surface area (Å²) in [6.07, 6.45) is 3.84. The molecule has 0 aromatic carbocycles. The van der Waals surface area contributed by atoms with Crippen molar-refractivity contribution >= 4 is 22.9 Å². The van der Waals surface area contributed by atoms with Crippen LogP contribution in [0.2, 0.25) is 4.34 Å². The molecule has 1 fully saturated rings. The molecule has 1 aliphatic heterocycles. The van der Waals surface area contributed by atoms with Crippen molar-refractivity contribution in [3.8, 4) is 0 Å². The molecule has 2 unspecified atom stereocenters. The minimum absolute atomic E-state index is 0.469. The number of hydrogen-bond donors (Lipinski definition) is 1. The van der Waals surface area contributed by atoms with Crippen LogP contribution in [-0.2, 0) is 0 Å². The highest BCUT2D eigenvalue weighted by molar-refractivity contribution is 7.14. The normalized spacial score (nSPS) is 21.7. The number of thiophene rings is 1. The first-order chi connectivity index (χ1) is 8.70. The number of hydrogen-bond acceptors (Lipinski definition) is 3. The summed E-state index contributed by atoms with van der Waals surface area (Å²) in [6, 6.07) is 3.26. The van der Waals surface area contributed by atoms with Crippen LogP contribution in [0.4, 0.5) is 0 Å². The Hall–Kier alpha value is -0.0900. The maximum Gasteiger partial charge on any atom is 0.0931 e. The zero-order valence-corrected chi connectivity index (χ0v) is 12.9. The number of nitrogens with zero attached hydrogens (tertiary/aromatic N) is 1. The van der Waals surface area contributed by atoms with Gasteiger partial charge < -0.3 is 5.32 Å². The van der Waals surface area contributed by atoms with Crippen LogP contribution in [0.25, 0.3) is 0 Å². The fraction of sp³-hybridized carbons (Fsp3) is 0.714. The molecule has 1 aromatic heterocycles. The summed E-state index contributed by atoms with van der Waals surface area (Å²) in [6.45, 7) is 8.05. The van der Waals surface area contributed by atoms with Crippen molar-refractivity contribution in [1.82, 2.24) is 10.2 Å². The molecule has 1 aromatic rings. The average molecular weight is 287 g/mol. The van der Waals surface area contributed by atoms with Gasteiger partial charge in [0, 0.05) is 18.6 Å². The molecule has 1 N–H and O–H groups in total. The summed E-state index contributed by atoms with van der Waals surface area (Å²) >= 11 is 7.68. The van der Waals surface area contributed by atoms with Crippen molar-refractivity contribution < 1.29 is 0 Å². The van der Waals surface area contributed by atoms with E-state index >= 15 is 0 Å². The molecule has 102 valence electrons. The van der Waals surface area contributed by atoms with Gasteiger partial charge in [0.15, 0.2) is 0 Å². The Morgan fingerprint density at radius 3 is 3.00 bits per heavy atom. The molecule has 1 aliphatic rings. The lowest BCUT2D eigenvalue weighted by molar-refractivity contribution is 0.193. The number of rotatable bonds is 6. The van der Waals surface area contributed by atoms with E-state index in [1.807, 2.05) is 0 Å². The maximum atomic E-state index is 6.04. The third-order valence-corrected chi connectivity index (χ3v) is 4.86. The molecule has 18 heavy (non-hydrogen) atoms. The Bertz CT molecular complexity index is 360. The molecule has 0 spiro atoms. The van der Waals surface area contributed by atoms with Crippen molar-refractivity contribution in [2.75, 3.05) is 19.6 Å². The van der Waals surface area contributed by atoms with Crippen molar-refractivity contribution in [3.05, 3.63) is 21.3 Å². The van der Waals surface area contributed by atoms with Crippen LogP contribution in [0.3, 0.4) is 0 Å². The molecule has 0 amide bonds. The SMILES string of the molecule is CCCN(CC1CCCN1)C(C)c1csc(Cl)c1. The van der Waals surface area contributed by atoms with Gasteiger partial charge in [-0.05, 0) is 56.3 Å². The topological polar surface area (TPSA) is 15.3 Å². The van der Waals surface area contributed by atoms with E-state index in [4.69, 9.17) is 11.6 Å². The quantitative estimate of drug-likeness (QED) is 0.852. The Kier molecular flexibility index (Phi) is 5.49. The van der Waals surface area contributed by atoms with E-state index in [2.05, 4.69) is 35.5 Å². The lowest BCUT2D eigenvalue weighted by atomic mass is 10.1. The molecule has 2 rings (SSSR count). The van der Waals surface area contributed by atoms with E-state index in [1.165, 1.54) is 31.4 Å². The lowest BCUT2D eigenvalue weighted by Gasteiger charge is -2.31. The van der Waals surface area contributed by atoms with Crippen LogP contribution in [0.5, 0.6) is 0 Å². The first-order valence-corrected chi connectivity index (χ1v) is 8.17. The molecule has 1 saturated heterocycles. The van der Waals surface area contributed by atoms with Gasteiger partial charge in [0.25, 0.3) is 0 Å². The molecule has 0 radical (unpaired) electrons. The second-order valence-corrected chi connectivity index (χ2v) is 6.69. The zero-order valence-electron chi connectivity index (χ0n) is 11.3. The summed E-state index contributed by atoms with van der Waals surface area (Å²) in [5, 5.41) is 5.78. The summed E-state index contributed by atoms with van der Waals surface area (Å²) in [5.74, 6) is 0. The molecule has 2 atom stereocenters. The van der Waals surface area contributed by atoms with Crippen molar-refractivity contribution in [2.24, 2.45) is 0 Å². The molecule has 0 saturated carbocycles. The van der Waals surface area contributed by atoms with Gasteiger partial charge >= 0.3 is 0 Å². The molecular weight excluding hydrogens is 264 g/mol. The summed E-state index contributed by atoms with van der Waals surface area (Å²) in [4.78, 5) is 2.58. The minimum atomic E-state index is 0.469. The van der Waals surface area contributed by atoms with Gasteiger partial charge in [0.2, 0.25) is 0 Å². The Morgan fingerprint density at radius 1 is 1.61 bits per heavy atom. The smallest absolute Gasteiger partial charge is 0.0931 e. The Labute approximate surface area is 119 Å². The van der Waals surface area contributed by atoms with E-state index in [9.17, 15) is 0 Å². The fourth-order valence-electron chi connectivity index (χ4n) is 2.68. The number of nitrogens with one attached hydrogen (secondary N) is 1. The highest BCUT2D eigenvalue weighted by Crippen LogP contribution is 2.28. The highest BCUT2D eigenvalue weighted by Gasteiger charge is 2.22. The highest BCUT2D eigenvalue weighted by atomic mass is 35.5. The van der Waals surface area contributed by atoms with Crippen molar-refractivity contribution in [3.63, 3.8) is 0 Å². The Morgan fingerprint density at radius 2 is 2.44 bits per heavy atom. The predicted octanol–water partition coefficient (Wildman–Crippen LogP) is 3.93. The third kappa shape index (κ3) is 3.70. The van der Waals surface area contributed by atoms with E-state index in [0.717, 1.165) is 17.4 Å². The summed E-state index contributed by atoms with van der Waals surface area (Å²) in [7, 11) is 0. The van der Waals surface area contributed by atoms with E-state index in [1.54, 1.807) is 11.3 Å². The van der Waals surface area contributed by atoms with Crippen molar-refractivity contribution in [2.45, 2.75) is 45.2 Å². The van der Waals surface area contributed by atoms with Gasteiger partial charge in [-0.2, -0.15) is 0 Å². The van der Waals surface area contributed by atoms with Gasteiger partial charge in [-0.3, -0.25) is 4.90 Å². The molecular formula is C14H23ClN2S. The Balaban J connectivity index is 1.98. The monoisotopic (exact) mass is 286 g/mol. The molecule has 4 heteroatoms. The average Bonchev–Trinajstić information content (AvgIpc) is 2.99. The van der Waals surface area contributed by atoms with E-state index in [0.29, 0.717) is 12.1 Å².